The molecule has 2 N–H and O–H groups in total. The van der Waals surface area contributed by atoms with Crippen LogP contribution in [0.15, 0.2) is 24.3 Å². The highest BCUT2D eigenvalue weighted by Crippen LogP contribution is 2.21. The van der Waals surface area contributed by atoms with E-state index in [2.05, 4.69) is 6.92 Å². The van der Waals surface area contributed by atoms with E-state index in [0.29, 0.717) is 19.8 Å². The lowest BCUT2D eigenvalue weighted by atomic mass is 10.1. The average molecular weight is 253 g/mol. The van der Waals surface area contributed by atoms with Crippen LogP contribution in [0.3, 0.4) is 0 Å². The zero-order valence-electron chi connectivity index (χ0n) is 11.2. The zero-order chi connectivity index (χ0) is 13.2. The van der Waals surface area contributed by atoms with E-state index in [-0.39, 0.29) is 6.10 Å². The van der Waals surface area contributed by atoms with E-state index in [9.17, 15) is 0 Å². The molecule has 0 bridgehead atoms. The van der Waals surface area contributed by atoms with E-state index in [1.165, 1.54) is 0 Å². The molecule has 1 rings (SSSR count). The third-order valence-electron chi connectivity index (χ3n) is 2.57. The second kappa shape index (κ2) is 8.91. The summed E-state index contributed by atoms with van der Waals surface area (Å²) in [5.74, 6) is 0.816. The van der Waals surface area contributed by atoms with Gasteiger partial charge in [0.15, 0.2) is 0 Å². The lowest BCUT2D eigenvalue weighted by Crippen LogP contribution is -2.18. The van der Waals surface area contributed by atoms with Crippen LogP contribution in [0.1, 0.15) is 25.0 Å². The Kier molecular flexibility index (Phi) is 7.41. The average Bonchev–Trinajstić information content (AvgIpc) is 2.43. The van der Waals surface area contributed by atoms with E-state index in [1.54, 1.807) is 7.11 Å². The SMILES string of the molecule is CCCOCCOC(CN)c1cccc(OC)c1. The molecule has 0 aromatic heterocycles. The van der Waals surface area contributed by atoms with Gasteiger partial charge in [0.1, 0.15) is 5.75 Å². The molecule has 18 heavy (non-hydrogen) atoms. The van der Waals surface area contributed by atoms with Crippen molar-refractivity contribution < 1.29 is 14.2 Å². The van der Waals surface area contributed by atoms with Crippen LogP contribution in [0.2, 0.25) is 0 Å². The fraction of sp³-hybridized carbons (Fsp3) is 0.571. The summed E-state index contributed by atoms with van der Waals surface area (Å²) in [4.78, 5) is 0. The third-order valence-corrected chi connectivity index (χ3v) is 2.57. The van der Waals surface area contributed by atoms with Gasteiger partial charge in [-0.25, -0.2) is 0 Å². The number of hydrogen-bond donors (Lipinski definition) is 1. The van der Waals surface area contributed by atoms with Crippen LogP contribution in [0.5, 0.6) is 5.75 Å². The van der Waals surface area contributed by atoms with Crippen molar-refractivity contribution in [1.82, 2.24) is 0 Å². The number of nitrogens with two attached hydrogens (primary N) is 1. The van der Waals surface area contributed by atoms with E-state index in [1.807, 2.05) is 24.3 Å². The summed E-state index contributed by atoms with van der Waals surface area (Å²) >= 11 is 0. The fourth-order valence-corrected chi connectivity index (χ4v) is 1.64. The molecule has 1 aromatic rings. The molecule has 0 aliphatic heterocycles. The van der Waals surface area contributed by atoms with Gasteiger partial charge in [-0.05, 0) is 24.1 Å². The molecule has 4 heteroatoms. The van der Waals surface area contributed by atoms with Gasteiger partial charge < -0.3 is 19.9 Å². The molecule has 102 valence electrons. The monoisotopic (exact) mass is 253 g/mol. The van der Waals surface area contributed by atoms with Gasteiger partial charge in [-0.15, -0.1) is 0 Å². The van der Waals surface area contributed by atoms with Crippen molar-refractivity contribution in [2.45, 2.75) is 19.4 Å². The van der Waals surface area contributed by atoms with Crippen LogP contribution in [0, 0.1) is 0 Å². The highest BCUT2D eigenvalue weighted by Gasteiger charge is 2.10. The molecule has 0 heterocycles. The van der Waals surface area contributed by atoms with Crippen molar-refractivity contribution in [1.29, 1.82) is 0 Å². The molecule has 1 atom stereocenters. The number of rotatable bonds is 9. The van der Waals surface area contributed by atoms with Gasteiger partial charge in [0.2, 0.25) is 0 Å². The van der Waals surface area contributed by atoms with E-state index in [0.717, 1.165) is 24.3 Å². The van der Waals surface area contributed by atoms with Crippen LogP contribution in [-0.2, 0) is 9.47 Å². The molecule has 1 unspecified atom stereocenters. The van der Waals surface area contributed by atoms with Gasteiger partial charge >= 0.3 is 0 Å². The van der Waals surface area contributed by atoms with Crippen LogP contribution in [-0.4, -0.2) is 33.5 Å². The van der Waals surface area contributed by atoms with E-state index in [4.69, 9.17) is 19.9 Å². The first-order valence-electron chi connectivity index (χ1n) is 6.35. The third kappa shape index (κ3) is 5.04. The van der Waals surface area contributed by atoms with Gasteiger partial charge in [-0.3, -0.25) is 0 Å². The molecular weight excluding hydrogens is 230 g/mol. The summed E-state index contributed by atoms with van der Waals surface area (Å²) in [6, 6.07) is 7.78. The number of ether oxygens (including phenoxy) is 3. The molecule has 0 spiro atoms. The molecule has 0 aliphatic rings. The predicted molar refractivity (Wildman–Crippen MR) is 71.9 cm³/mol. The van der Waals surface area contributed by atoms with Gasteiger partial charge in [0.05, 0.1) is 26.4 Å². The lowest BCUT2D eigenvalue weighted by Gasteiger charge is -2.17. The van der Waals surface area contributed by atoms with Gasteiger partial charge in [-0.1, -0.05) is 19.1 Å². The summed E-state index contributed by atoms with van der Waals surface area (Å²) in [5, 5.41) is 0. The number of methoxy groups -OCH3 is 1. The van der Waals surface area contributed by atoms with Crippen LogP contribution >= 0.6 is 0 Å². The topological polar surface area (TPSA) is 53.7 Å². The molecule has 0 radical (unpaired) electrons. The first-order chi connectivity index (χ1) is 8.81. The highest BCUT2D eigenvalue weighted by molar-refractivity contribution is 5.30. The Balaban J connectivity index is 2.44. The van der Waals surface area contributed by atoms with Crippen molar-refractivity contribution in [3.8, 4) is 5.75 Å². The van der Waals surface area contributed by atoms with Crippen molar-refractivity contribution in [2.24, 2.45) is 5.73 Å². The first kappa shape index (κ1) is 15.0. The number of hydrogen-bond acceptors (Lipinski definition) is 4. The largest absolute Gasteiger partial charge is 0.497 e. The zero-order valence-corrected chi connectivity index (χ0v) is 11.2. The lowest BCUT2D eigenvalue weighted by molar-refractivity contribution is 0.00759. The molecule has 0 fully saturated rings. The molecule has 0 saturated heterocycles. The van der Waals surface area contributed by atoms with Crippen LogP contribution in [0.25, 0.3) is 0 Å². The molecular formula is C14H23NO3. The van der Waals surface area contributed by atoms with Crippen LogP contribution < -0.4 is 10.5 Å². The maximum Gasteiger partial charge on any atom is 0.119 e. The van der Waals surface area contributed by atoms with Gasteiger partial charge in [0, 0.05) is 13.2 Å². The summed E-state index contributed by atoms with van der Waals surface area (Å²) < 4.78 is 16.3. The fourth-order valence-electron chi connectivity index (χ4n) is 1.64. The quantitative estimate of drug-likeness (QED) is 0.685. The summed E-state index contributed by atoms with van der Waals surface area (Å²) in [5.41, 5.74) is 6.77. The van der Waals surface area contributed by atoms with E-state index < -0.39 is 0 Å². The Labute approximate surface area is 109 Å². The van der Waals surface area contributed by atoms with Gasteiger partial charge in [0.25, 0.3) is 0 Å². The van der Waals surface area contributed by atoms with E-state index >= 15 is 0 Å². The molecule has 0 saturated carbocycles. The Hall–Kier alpha value is -1.10. The highest BCUT2D eigenvalue weighted by atomic mass is 16.5. The van der Waals surface area contributed by atoms with Crippen molar-refractivity contribution in [3.63, 3.8) is 0 Å². The minimum atomic E-state index is -0.106. The molecule has 4 nitrogen and oxygen atoms in total. The van der Waals surface area contributed by atoms with Crippen LogP contribution in [0.4, 0.5) is 0 Å². The number of benzene rings is 1. The Morgan fingerprint density at radius 1 is 1.22 bits per heavy atom. The van der Waals surface area contributed by atoms with Crippen molar-refractivity contribution >= 4 is 0 Å². The Bertz CT molecular complexity index is 331. The van der Waals surface area contributed by atoms with Crippen molar-refractivity contribution in [3.05, 3.63) is 29.8 Å². The summed E-state index contributed by atoms with van der Waals surface area (Å²) in [6.07, 6.45) is 0.918. The van der Waals surface area contributed by atoms with Crippen molar-refractivity contribution in [2.75, 3.05) is 33.5 Å². The summed E-state index contributed by atoms with van der Waals surface area (Å²) in [7, 11) is 1.65. The van der Waals surface area contributed by atoms with Gasteiger partial charge in [-0.2, -0.15) is 0 Å². The maximum atomic E-state index is 5.73. The maximum absolute atomic E-state index is 5.73. The standard InChI is InChI=1S/C14H23NO3/c1-3-7-17-8-9-18-14(11-15)12-5-4-6-13(10-12)16-2/h4-6,10,14H,3,7-9,11,15H2,1-2H3. The smallest absolute Gasteiger partial charge is 0.119 e. The Morgan fingerprint density at radius 3 is 2.72 bits per heavy atom. The summed E-state index contributed by atoms with van der Waals surface area (Å²) in [6.45, 7) is 4.46. The second-order valence-corrected chi connectivity index (χ2v) is 3.98. The second-order valence-electron chi connectivity index (χ2n) is 3.98. The minimum absolute atomic E-state index is 0.106. The predicted octanol–water partition coefficient (Wildman–Crippen LogP) is 2.14. The molecule has 1 aromatic carbocycles. The first-order valence-corrected chi connectivity index (χ1v) is 6.35. The molecule has 0 aliphatic carbocycles. The minimum Gasteiger partial charge on any atom is -0.497 e. The normalized spacial score (nSPS) is 12.4. The Morgan fingerprint density at radius 2 is 2.06 bits per heavy atom. The molecule has 0 amide bonds.